The fourth-order valence-electron chi connectivity index (χ4n) is 2.45. The Labute approximate surface area is 127 Å². The number of carbonyl (C=O) groups excluding carboxylic acids is 1. The average Bonchev–Trinajstić information content (AvgIpc) is 2.99. The Balaban J connectivity index is 1.77. The molecule has 20 heavy (non-hydrogen) atoms. The summed E-state index contributed by atoms with van der Waals surface area (Å²) in [6, 6.07) is 8.21. The summed E-state index contributed by atoms with van der Waals surface area (Å²) in [4.78, 5) is 18.8. The molecule has 0 saturated heterocycles. The van der Waals surface area contributed by atoms with Gasteiger partial charge in [0.05, 0.1) is 5.25 Å². The van der Waals surface area contributed by atoms with E-state index in [0.717, 1.165) is 29.4 Å². The van der Waals surface area contributed by atoms with Gasteiger partial charge < -0.3 is 4.90 Å². The van der Waals surface area contributed by atoms with E-state index in [1.54, 1.807) is 29.3 Å². The number of aryl methyl sites for hydroxylation is 1. The highest BCUT2D eigenvalue weighted by atomic mass is 32.2. The van der Waals surface area contributed by atoms with Crippen LogP contribution in [0.15, 0.2) is 40.2 Å². The first-order valence-electron chi connectivity index (χ1n) is 6.71. The third-order valence-electron chi connectivity index (χ3n) is 3.41. The first-order valence-corrected chi connectivity index (χ1v) is 8.47. The van der Waals surface area contributed by atoms with Gasteiger partial charge in [0, 0.05) is 23.8 Å². The summed E-state index contributed by atoms with van der Waals surface area (Å²) in [6.45, 7) is 2.78. The maximum absolute atomic E-state index is 12.7. The van der Waals surface area contributed by atoms with E-state index >= 15 is 0 Å². The Hall–Kier alpha value is -1.33. The number of thiazole rings is 1. The molecule has 0 aliphatic carbocycles. The van der Waals surface area contributed by atoms with E-state index in [0.29, 0.717) is 0 Å². The van der Waals surface area contributed by atoms with E-state index in [9.17, 15) is 4.79 Å². The van der Waals surface area contributed by atoms with Gasteiger partial charge in [-0.05, 0) is 31.4 Å². The van der Waals surface area contributed by atoms with Gasteiger partial charge in [0.2, 0.25) is 5.91 Å². The van der Waals surface area contributed by atoms with Crippen molar-refractivity contribution < 1.29 is 4.79 Å². The number of carbonyl (C=O) groups is 1. The molecule has 0 fully saturated rings. The van der Waals surface area contributed by atoms with Crippen molar-refractivity contribution in [2.75, 3.05) is 11.4 Å². The lowest BCUT2D eigenvalue weighted by Gasteiger charge is -2.31. The van der Waals surface area contributed by atoms with E-state index in [2.05, 4.69) is 11.1 Å². The van der Waals surface area contributed by atoms with E-state index in [1.165, 1.54) is 5.56 Å². The Morgan fingerprint density at radius 2 is 2.30 bits per heavy atom. The van der Waals surface area contributed by atoms with Gasteiger partial charge in [0.1, 0.15) is 0 Å². The minimum atomic E-state index is -0.104. The zero-order valence-electron chi connectivity index (χ0n) is 11.3. The molecule has 0 bridgehead atoms. The molecule has 3 rings (SSSR count). The fourth-order valence-corrected chi connectivity index (χ4v) is 4.29. The lowest BCUT2D eigenvalue weighted by atomic mass is 10.0. The third kappa shape index (κ3) is 2.74. The maximum Gasteiger partial charge on any atom is 0.240 e. The molecule has 1 aliphatic heterocycles. The molecule has 104 valence electrons. The molecule has 3 nitrogen and oxygen atoms in total. The lowest BCUT2D eigenvalue weighted by Crippen LogP contribution is -2.40. The standard InChI is InChI=1S/C15H16N2OS2/c1-11(20-15-16-8-10-19-15)14(18)17-9-4-6-12-5-2-3-7-13(12)17/h2-3,5,7-8,10-11H,4,6,9H2,1H3. The number of thioether (sulfide) groups is 1. The van der Waals surface area contributed by atoms with E-state index in [-0.39, 0.29) is 11.2 Å². The van der Waals surface area contributed by atoms with Crippen LogP contribution in [0.4, 0.5) is 5.69 Å². The summed E-state index contributed by atoms with van der Waals surface area (Å²) in [5, 5.41) is 1.84. The van der Waals surface area contributed by atoms with Gasteiger partial charge in [-0.15, -0.1) is 11.3 Å². The van der Waals surface area contributed by atoms with Crippen LogP contribution >= 0.6 is 23.1 Å². The number of anilines is 1. The van der Waals surface area contributed by atoms with Crippen molar-refractivity contribution in [3.05, 3.63) is 41.4 Å². The molecule has 5 heteroatoms. The van der Waals surface area contributed by atoms with Crippen molar-refractivity contribution in [1.82, 2.24) is 4.98 Å². The number of nitrogens with zero attached hydrogens (tertiary/aromatic N) is 2. The molecule has 0 N–H and O–H groups in total. The Kier molecular flexibility index (Phi) is 4.08. The van der Waals surface area contributed by atoms with Gasteiger partial charge in [-0.3, -0.25) is 4.79 Å². The Morgan fingerprint density at radius 1 is 1.45 bits per heavy atom. The summed E-state index contributed by atoms with van der Waals surface area (Å²) in [5.41, 5.74) is 2.36. The summed E-state index contributed by atoms with van der Waals surface area (Å²) in [6.07, 6.45) is 3.88. The van der Waals surface area contributed by atoms with Crippen LogP contribution in [0.3, 0.4) is 0 Å². The largest absolute Gasteiger partial charge is 0.311 e. The van der Waals surface area contributed by atoms with Crippen molar-refractivity contribution in [3.8, 4) is 0 Å². The number of benzene rings is 1. The number of hydrogen-bond acceptors (Lipinski definition) is 4. The highest BCUT2D eigenvalue weighted by Gasteiger charge is 2.26. The molecule has 1 atom stereocenters. The highest BCUT2D eigenvalue weighted by molar-refractivity contribution is 8.02. The van der Waals surface area contributed by atoms with Gasteiger partial charge >= 0.3 is 0 Å². The van der Waals surface area contributed by atoms with Gasteiger partial charge in [-0.1, -0.05) is 30.0 Å². The summed E-state index contributed by atoms with van der Waals surface area (Å²) < 4.78 is 0.955. The molecule has 1 amide bonds. The number of amides is 1. The Morgan fingerprint density at radius 3 is 3.10 bits per heavy atom. The molecule has 0 spiro atoms. The highest BCUT2D eigenvalue weighted by Crippen LogP contribution is 2.31. The second kappa shape index (κ2) is 5.97. The van der Waals surface area contributed by atoms with Gasteiger partial charge in [-0.25, -0.2) is 4.98 Å². The van der Waals surface area contributed by atoms with Crippen LogP contribution in [0.5, 0.6) is 0 Å². The first kappa shape index (κ1) is 13.6. The summed E-state index contributed by atoms with van der Waals surface area (Å²) >= 11 is 3.12. The third-order valence-corrected chi connectivity index (χ3v) is 5.42. The number of fused-ring (bicyclic) bond motifs is 1. The first-order chi connectivity index (χ1) is 9.75. The number of rotatable bonds is 3. The van der Waals surface area contributed by atoms with Crippen LogP contribution in [0.2, 0.25) is 0 Å². The quantitative estimate of drug-likeness (QED) is 0.812. The van der Waals surface area contributed by atoms with Crippen LogP contribution in [0.25, 0.3) is 0 Å². The number of hydrogen-bond donors (Lipinski definition) is 0. The lowest BCUT2D eigenvalue weighted by molar-refractivity contribution is -0.117. The smallest absolute Gasteiger partial charge is 0.240 e. The molecule has 1 aromatic carbocycles. The second-order valence-corrected chi connectivity index (χ2v) is 7.26. The molecule has 0 saturated carbocycles. The van der Waals surface area contributed by atoms with Crippen molar-refractivity contribution in [2.45, 2.75) is 29.4 Å². The number of para-hydroxylation sites is 1. The van der Waals surface area contributed by atoms with Crippen molar-refractivity contribution >= 4 is 34.7 Å². The van der Waals surface area contributed by atoms with Crippen LogP contribution < -0.4 is 4.90 Å². The Bertz CT molecular complexity index is 598. The van der Waals surface area contributed by atoms with Crippen LogP contribution in [0.1, 0.15) is 18.9 Å². The minimum Gasteiger partial charge on any atom is -0.311 e. The van der Waals surface area contributed by atoms with Crippen molar-refractivity contribution in [2.24, 2.45) is 0 Å². The van der Waals surface area contributed by atoms with Crippen molar-refractivity contribution in [3.63, 3.8) is 0 Å². The SMILES string of the molecule is CC(Sc1nccs1)C(=O)N1CCCc2ccccc21. The fraction of sp³-hybridized carbons (Fsp3) is 0.333. The maximum atomic E-state index is 12.7. The van der Waals surface area contributed by atoms with Crippen LogP contribution in [-0.4, -0.2) is 22.7 Å². The molecule has 2 aromatic rings. The zero-order valence-corrected chi connectivity index (χ0v) is 12.9. The van der Waals surface area contributed by atoms with E-state index in [4.69, 9.17) is 0 Å². The van der Waals surface area contributed by atoms with Crippen LogP contribution in [0, 0.1) is 0 Å². The average molecular weight is 304 g/mol. The molecule has 0 radical (unpaired) electrons. The topological polar surface area (TPSA) is 33.2 Å². The van der Waals surface area contributed by atoms with Gasteiger partial charge in [-0.2, -0.15) is 0 Å². The second-order valence-electron chi connectivity index (χ2n) is 4.78. The molecule has 2 heterocycles. The molecule has 1 aliphatic rings. The van der Waals surface area contributed by atoms with Crippen molar-refractivity contribution in [1.29, 1.82) is 0 Å². The molecular weight excluding hydrogens is 288 g/mol. The number of aromatic nitrogens is 1. The zero-order chi connectivity index (χ0) is 13.9. The molecular formula is C15H16N2OS2. The minimum absolute atomic E-state index is 0.104. The van der Waals surface area contributed by atoms with Crippen LogP contribution in [-0.2, 0) is 11.2 Å². The van der Waals surface area contributed by atoms with E-state index < -0.39 is 0 Å². The predicted octanol–water partition coefficient (Wildman–Crippen LogP) is 3.60. The van der Waals surface area contributed by atoms with E-state index in [1.807, 2.05) is 35.4 Å². The molecule has 1 aromatic heterocycles. The monoisotopic (exact) mass is 304 g/mol. The normalized spacial score (nSPS) is 15.8. The summed E-state index contributed by atoms with van der Waals surface area (Å²) in [5.74, 6) is 0.178. The van der Waals surface area contributed by atoms with Gasteiger partial charge in [0.15, 0.2) is 4.34 Å². The summed E-state index contributed by atoms with van der Waals surface area (Å²) in [7, 11) is 0. The predicted molar refractivity (Wildman–Crippen MR) is 84.5 cm³/mol. The van der Waals surface area contributed by atoms with Gasteiger partial charge in [0.25, 0.3) is 0 Å². The molecule has 1 unspecified atom stereocenters.